The number of hydrogen-bond acceptors (Lipinski definition) is 1. The van der Waals surface area contributed by atoms with E-state index in [1.807, 2.05) is 66.7 Å². The maximum absolute atomic E-state index is 13.2. The van der Waals surface area contributed by atoms with Crippen LogP contribution in [-0.2, 0) is 6.18 Å². The molecule has 0 aliphatic heterocycles. The van der Waals surface area contributed by atoms with Crippen LogP contribution in [0.15, 0.2) is 97.2 Å². The third-order valence-corrected chi connectivity index (χ3v) is 4.54. The molecule has 0 saturated heterocycles. The van der Waals surface area contributed by atoms with E-state index in [9.17, 15) is 13.2 Å². The first-order valence-corrected chi connectivity index (χ1v) is 8.81. The van der Waals surface area contributed by atoms with Crippen LogP contribution in [0.3, 0.4) is 0 Å². The largest absolute Gasteiger partial charge is 0.416 e. The minimum Gasteiger partial charge on any atom is -0.255 e. The summed E-state index contributed by atoms with van der Waals surface area (Å²) in [7, 11) is 0. The van der Waals surface area contributed by atoms with Crippen molar-refractivity contribution >= 4 is 0 Å². The summed E-state index contributed by atoms with van der Waals surface area (Å²) in [4.78, 5) is 4.56. The van der Waals surface area contributed by atoms with Crippen molar-refractivity contribution in [1.29, 1.82) is 0 Å². The maximum Gasteiger partial charge on any atom is 0.416 e. The van der Waals surface area contributed by atoms with Gasteiger partial charge in [0.2, 0.25) is 0 Å². The van der Waals surface area contributed by atoms with E-state index in [1.54, 1.807) is 12.3 Å². The topological polar surface area (TPSA) is 12.9 Å². The number of alkyl halides is 3. The molecule has 1 nitrogen and oxygen atoms in total. The zero-order valence-electron chi connectivity index (χ0n) is 14.8. The molecule has 3 aromatic carbocycles. The summed E-state index contributed by atoms with van der Waals surface area (Å²) in [5.41, 5.74) is 3.89. The minimum absolute atomic E-state index is 0.438. The van der Waals surface area contributed by atoms with E-state index >= 15 is 0 Å². The average molecular weight is 375 g/mol. The molecular weight excluding hydrogens is 359 g/mol. The van der Waals surface area contributed by atoms with Crippen LogP contribution in [0.5, 0.6) is 0 Å². The van der Waals surface area contributed by atoms with E-state index in [2.05, 4.69) is 4.98 Å². The smallest absolute Gasteiger partial charge is 0.255 e. The van der Waals surface area contributed by atoms with Gasteiger partial charge in [0, 0.05) is 22.9 Å². The molecule has 1 heterocycles. The first-order valence-electron chi connectivity index (χ1n) is 8.81. The summed E-state index contributed by atoms with van der Waals surface area (Å²) >= 11 is 0. The highest BCUT2D eigenvalue weighted by Gasteiger charge is 2.30. The van der Waals surface area contributed by atoms with Crippen molar-refractivity contribution in [3.05, 3.63) is 103 Å². The lowest BCUT2D eigenvalue weighted by atomic mass is 9.95. The Kier molecular flexibility index (Phi) is 4.70. The molecule has 0 spiro atoms. The Morgan fingerprint density at radius 1 is 0.571 bits per heavy atom. The van der Waals surface area contributed by atoms with Gasteiger partial charge in [-0.05, 0) is 29.3 Å². The zero-order valence-corrected chi connectivity index (χ0v) is 14.8. The fraction of sp³-hybridized carbons (Fsp3) is 0.0417. The minimum atomic E-state index is -4.40. The summed E-state index contributed by atoms with van der Waals surface area (Å²) in [6, 6.07) is 26.6. The van der Waals surface area contributed by atoms with Crippen molar-refractivity contribution in [2.24, 2.45) is 0 Å². The molecule has 0 bridgehead atoms. The Hall–Kier alpha value is -3.40. The standard InChI is InChI=1S/C24H16F3N/c25-24(26,27)21-13-7-12-19(14-21)23-22(18-10-5-2-6-11-18)15-20(16-28-23)17-8-3-1-4-9-17/h1-16H. The Bertz CT molecular complexity index is 1090. The van der Waals surface area contributed by atoms with Crippen LogP contribution in [0.1, 0.15) is 5.56 Å². The lowest BCUT2D eigenvalue weighted by Crippen LogP contribution is -2.04. The molecule has 0 atom stereocenters. The molecular formula is C24H16F3N. The fourth-order valence-corrected chi connectivity index (χ4v) is 3.16. The number of hydrogen-bond donors (Lipinski definition) is 0. The van der Waals surface area contributed by atoms with Crippen LogP contribution in [0.4, 0.5) is 13.2 Å². The predicted octanol–water partition coefficient (Wildman–Crippen LogP) is 7.10. The zero-order chi connectivity index (χ0) is 19.6. The number of rotatable bonds is 3. The van der Waals surface area contributed by atoms with E-state index < -0.39 is 11.7 Å². The highest BCUT2D eigenvalue weighted by Crippen LogP contribution is 2.36. The number of halogens is 3. The molecule has 28 heavy (non-hydrogen) atoms. The first-order chi connectivity index (χ1) is 13.5. The van der Waals surface area contributed by atoms with Crippen LogP contribution < -0.4 is 0 Å². The molecule has 0 radical (unpaired) electrons. The SMILES string of the molecule is FC(F)(F)c1cccc(-c2ncc(-c3ccccc3)cc2-c2ccccc2)c1. The predicted molar refractivity (Wildman–Crippen MR) is 106 cm³/mol. The molecule has 0 fully saturated rings. The molecule has 138 valence electrons. The monoisotopic (exact) mass is 375 g/mol. The summed E-state index contributed by atoms with van der Waals surface area (Å²) < 4.78 is 39.5. The van der Waals surface area contributed by atoms with E-state index in [-0.39, 0.29) is 0 Å². The second kappa shape index (κ2) is 7.31. The molecule has 0 aliphatic rings. The van der Waals surface area contributed by atoms with Gasteiger partial charge in [0.1, 0.15) is 0 Å². The molecule has 0 saturated carbocycles. The Balaban J connectivity index is 1.90. The molecule has 4 rings (SSSR count). The fourth-order valence-electron chi connectivity index (χ4n) is 3.16. The van der Waals surface area contributed by atoms with E-state index in [0.717, 1.165) is 34.4 Å². The van der Waals surface area contributed by atoms with Crippen LogP contribution in [-0.4, -0.2) is 4.98 Å². The lowest BCUT2D eigenvalue weighted by Gasteiger charge is -2.14. The van der Waals surface area contributed by atoms with Gasteiger partial charge in [-0.2, -0.15) is 13.2 Å². The lowest BCUT2D eigenvalue weighted by molar-refractivity contribution is -0.137. The Morgan fingerprint density at radius 2 is 1.18 bits per heavy atom. The van der Waals surface area contributed by atoms with Gasteiger partial charge in [-0.3, -0.25) is 4.98 Å². The molecule has 0 unspecified atom stereocenters. The van der Waals surface area contributed by atoms with Crippen LogP contribution in [0, 0.1) is 0 Å². The van der Waals surface area contributed by atoms with Crippen molar-refractivity contribution in [3.8, 4) is 33.5 Å². The van der Waals surface area contributed by atoms with Crippen molar-refractivity contribution < 1.29 is 13.2 Å². The van der Waals surface area contributed by atoms with Gasteiger partial charge in [0.15, 0.2) is 0 Å². The number of pyridine rings is 1. The Morgan fingerprint density at radius 3 is 1.82 bits per heavy atom. The molecule has 0 amide bonds. The molecule has 4 heteroatoms. The number of nitrogens with zero attached hydrogens (tertiary/aromatic N) is 1. The molecule has 0 N–H and O–H groups in total. The van der Waals surface area contributed by atoms with Crippen LogP contribution in [0.25, 0.3) is 33.5 Å². The number of benzene rings is 3. The summed E-state index contributed by atoms with van der Waals surface area (Å²) in [6.45, 7) is 0. The first kappa shape index (κ1) is 18.0. The summed E-state index contributed by atoms with van der Waals surface area (Å²) in [5, 5.41) is 0. The molecule has 0 aliphatic carbocycles. The normalized spacial score (nSPS) is 11.4. The molecule has 1 aromatic heterocycles. The van der Waals surface area contributed by atoms with Gasteiger partial charge < -0.3 is 0 Å². The highest BCUT2D eigenvalue weighted by molar-refractivity contribution is 5.84. The van der Waals surface area contributed by atoms with Gasteiger partial charge in [0.05, 0.1) is 11.3 Å². The van der Waals surface area contributed by atoms with E-state index in [4.69, 9.17) is 0 Å². The van der Waals surface area contributed by atoms with Crippen molar-refractivity contribution in [2.45, 2.75) is 6.18 Å². The second-order valence-corrected chi connectivity index (χ2v) is 6.43. The third kappa shape index (κ3) is 3.67. The second-order valence-electron chi connectivity index (χ2n) is 6.43. The quantitative estimate of drug-likeness (QED) is 0.372. The van der Waals surface area contributed by atoms with Crippen molar-refractivity contribution in [1.82, 2.24) is 4.98 Å². The molecule has 4 aromatic rings. The van der Waals surface area contributed by atoms with Gasteiger partial charge >= 0.3 is 6.18 Å². The number of aromatic nitrogens is 1. The van der Waals surface area contributed by atoms with E-state index in [1.165, 1.54) is 6.07 Å². The van der Waals surface area contributed by atoms with Gasteiger partial charge in [-0.15, -0.1) is 0 Å². The summed E-state index contributed by atoms with van der Waals surface area (Å²) in [6.07, 6.45) is -2.69. The van der Waals surface area contributed by atoms with Gasteiger partial charge in [-0.25, -0.2) is 0 Å². The van der Waals surface area contributed by atoms with Gasteiger partial charge in [-0.1, -0.05) is 72.8 Å². The van der Waals surface area contributed by atoms with Crippen molar-refractivity contribution in [3.63, 3.8) is 0 Å². The Labute approximate surface area is 161 Å². The summed E-state index contributed by atoms with van der Waals surface area (Å²) in [5.74, 6) is 0. The van der Waals surface area contributed by atoms with Crippen molar-refractivity contribution in [2.75, 3.05) is 0 Å². The van der Waals surface area contributed by atoms with Crippen LogP contribution >= 0.6 is 0 Å². The average Bonchev–Trinajstić information content (AvgIpc) is 2.74. The maximum atomic E-state index is 13.2. The van der Waals surface area contributed by atoms with Gasteiger partial charge in [0.25, 0.3) is 0 Å². The highest BCUT2D eigenvalue weighted by atomic mass is 19.4. The third-order valence-electron chi connectivity index (χ3n) is 4.54. The van der Waals surface area contributed by atoms with Crippen LogP contribution in [0.2, 0.25) is 0 Å². The van der Waals surface area contributed by atoms with E-state index in [0.29, 0.717) is 11.3 Å².